The molecule has 210 valence electrons. The van der Waals surface area contributed by atoms with Crippen LogP contribution < -0.4 is 9.64 Å². The summed E-state index contributed by atoms with van der Waals surface area (Å²) >= 11 is 0. The van der Waals surface area contributed by atoms with Crippen molar-refractivity contribution in [2.24, 2.45) is 0 Å². The summed E-state index contributed by atoms with van der Waals surface area (Å²) in [4.78, 5) is 4.78. The van der Waals surface area contributed by atoms with Crippen LogP contribution in [-0.4, -0.2) is 96.4 Å². The molecule has 38 heavy (non-hydrogen) atoms. The van der Waals surface area contributed by atoms with Crippen LogP contribution in [0.3, 0.4) is 0 Å². The highest BCUT2D eigenvalue weighted by atomic mass is 32.2. The molecule has 2 saturated heterocycles. The molecule has 2 fully saturated rings. The summed E-state index contributed by atoms with van der Waals surface area (Å²) < 4.78 is 62.0. The van der Waals surface area contributed by atoms with Crippen LogP contribution in [0.15, 0.2) is 52.3 Å². The first-order chi connectivity index (χ1) is 18.2. The Balaban J connectivity index is 1.47. The van der Waals surface area contributed by atoms with E-state index in [1.807, 2.05) is 17.0 Å². The molecular weight excluding hydrogens is 524 g/mol. The number of likely N-dealkylation sites (N-methyl/N-ethyl adjacent to an activating group) is 1. The first kappa shape index (κ1) is 28.8. The fourth-order valence-electron chi connectivity index (χ4n) is 5.04. The number of piperazine rings is 2. The van der Waals surface area contributed by atoms with Gasteiger partial charge in [0.2, 0.25) is 20.0 Å². The molecule has 0 atom stereocenters. The number of rotatable bonds is 10. The third-order valence-corrected chi connectivity index (χ3v) is 11.3. The number of hydrogen-bond acceptors (Lipinski definition) is 7. The van der Waals surface area contributed by atoms with Crippen LogP contribution in [-0.2, 0) is 26.5 Å². The van der Waals surface area contributed by atoms with Crippen molar-refractivity contribution in [3.05, 3.63) is 48.0 Å². The van der Waals surface area contributed by atoms with Gasteiger partial charge in [0.15, 0.2) is 0 Å². The summed E-state index contributed by atoms with van der Waals surface area (Å²) in [5.41, 5.74) is 1.81. The molecule has 0 bridgehead atoms. The van der Waals surface area contributed by atoms with Crippen LogP contribution >= 0.6 is 0 Å². The van der Waals surface area contributed by atoms with Crippen molar-refractivity contribution in [1.29, 1.82) is 0 Å². The molecule has 0 unspecified atom stereocenters. The van der Waals surface area contributed by atoms with Crippen LogP contribution in [0.2, 0.25) is 0 Å². The summed E-state index contributed by atoms with van der Waals surface area (Å²) in [5, 5.41) is 0. The van der Waals surface area contributed by atoms with Crippen LogP contribution in [0, 0.1) is 0 Å². The molecule has 4 rings (SSSR count). The van der Waals surface area contributed by atoms with E-state index in [0.717, 1.165) is 44.5 Å². The van der Waals surface area contributed by atoms with Gasteiger partial charge >= 0.3 is 0 Å². The van der Waals surface area contributed by atoms with Gasteiger partial charge in [-0.25, -0.2) is 16.8 Å². The van der Waals surface area contributed by atoms with Gasteiger partial charge in [0.25, 0.3) is 0 Å². The fourth-order valence-corrected chi connectivity index (χ4v) is 7.90. The Hall–Kier alpha value is -2.18. The Bertz CT molecular complexity index is 1280. The molecule has 2 aliphatic heterocycles. The molecule has 11 heteroatoms. The van der Waals surface area contributed by atoms with Crippen molar-refractivity contribution in [3.63, 3.8) is 0 Å². The summed E-state index contributed by atoms with van der Waals surface area (Å²) in [5.74, 6) is 0.568. The maximum Gasteiger partial charge on any atom is 0.243 e. The predicted octanol–water partition coefficient (Wildman–Crippen LogP) is 2.87. The first-order valence-corrected chi connectivity index (χ1v) is 16.3. The number of sulfonamides is 2. The topological polar surface area (TPSA) is 90.5 Å². The van der Waals surface area contributed by atoms with E-state index in [2.05, 4.69) is 18.7 Å². The lowest BCUT2D eigenvalue weighted by Gasteiger charge is -2.36. The minimum atomic E-state index is -3.64. The van der Waals surface area contributed by atoms with E-state index in [1.54, 1.807) is 41.7 Å². The van der Waals surface area contributed by atoms with Gasteiger partial charge in [0.05, 0.1) is 22.6 Å². The van der Waals surface area contributed by atoms with Crippen molar-refractivity contribution in [2.45, 2.75) is 42.9 Å². The molecule has 9 nitrogen and oxygen atoms in total. The Kier molecular flexibility index (Phi) is 9.36. The van der Waals surface area contributed by atoms with Gasteiger partial charge < -0.3 is 14.5 Å². The number of hydrogen-bond donors (Lipinski definition) is 0. The van der Waals surface area contributed by atoms with Gasteiger partial charge in [-0.3, -0.25) is 0 Å². The van der Waals surface area contributed by atoms with Gasteiger partial charge in [-0.1, -0.05) is 32.4 Å². The van der Waals surface area contributed by atoms with Gasteiger partial charge in [-0.2, -0.15) is 8.61 Å². The number of unbranched alkanes of at least 4 members (excludes halogenated alkanes) is 1. The molecule has 0 aliphatic carbocycles. The molecule has 2 aromatic rings. The molecule has 0 aromatic heterocycles. The maximum atomic E-state index is 13.4. The Labute approximate surface area is 228 Å². The molecule has 2 aliphatic rings. The number of benzene rings is 2. The average molecular weight is 565 g/mol. The minimum Gasteiger partial charge on any atom is -0.495 e. The van der Waals surface area contributed by atoms with E-state index in [-0.39, 0.29) is 4.90 Å². The third kappa shape index (κ3) is 6.17. The van der Waals surface area contributed by atoms with Crippen LogP contribution in [0.5, 0.6) is 5.75 Å². The molecule has 2 heterocycles. The number of aryl methyl sites for hydroxylation is 1. The molecule has 0 radical (unpaired) electrons. The second kappa shape index (κ2) is 12.3. The largest absolute Gasteiger partial charge is 0.495 e. The van der Waals surface area contributed by atoms with Crippen LogP contribution in [0.4, 0.5) is 5.69 Å². The van der Waals surface area contributed by atoms with Crippen molar-refractivity contribution in [2.75, 3.05) is 70.9 Å². The summed E-state index contributed by atoms with van der Waals surface area (Å²) in [6, 6.07) is 12.1. The smallest absolute Gasteiger partial charge is 0.243 e. The quantitative estimate of drug-likeness (QED) is 0.438. The fraction of sp³-hybridized carbons (Fsp3) is 0.556. The third-order valence-electron chi connectivity index (χ3n) is 7.53. The molecular formula is C27H40N4O5S2. The lowest BCUT2D eigenvalue weighted by molar-refractivity contribution is 0.196. The normalized spacial score (nSPS) is 18.6. The van der Waals surface area contributed by atoms with Crippen LogP contribution in [0.1, 0.15) is 32.3 Å². The molecule has 2 aromatic carbocycles. The lowest BCUT2D eigenvalue weighted by Crippen LogP contribution is -2.49. The Morgan fingerprint density at radius 2 is 1.29 bits per heavy atom. The van der Waals surface area contributed by atoms with E-state index >= 15 is 0 Å². The van der Waals surface area contributed by atoms with Gasteiger partial charge in [0, 0.05) is 52.4 Å². The van der Waals surface area contributed by atoms with Crippen molar-refractivity contribution < 1.29 is 21.6 Å². The Morgan fingerprint density at radius 1 is 0.737 bits per heavy atom. The van der Waals surface area contributed by atoms with E-state index in [4.69, 9.17) is 4.74 Å². The van der Waals surface area contributed by atoms with Crippen molar-refractivity contribution in [3.8, 4) is 5.75 Å². The average Bonchev–Trinajstić information content (AvgIpc) is 2.96. The minimum absolute atomic E-state index is 0.233. The predicted molar refractivity (Wildman–Crippen MR) is 150 cm³/mol. The zero-order valence-corrected chi connectivity index (χ0v) is 24.3. The van der Waals surface area contributed by atoms with E-state index in [0.29, 0.717) is 55.6 Å². The monoisotopic (exact) mass is 564 g/mol. The molecule has 0 saturated carbocycles. The van der Waals surface area contributed by atoms with Crippen LogP contribution in [0.25, 0.3) is 0 Å². The van der Waals surface area contributed by atoms with Gasteiger partial charge in [-0.15, -0.1) is 0 Å². The van der Waals surface area contributed by atoms with E-state index < -0.39 is 20.0 Å². The molecule has 0 spiro atoms. The molecule has 0 amide bonds. The van der Waals surface area contributed by atoms with Gasteiger partial charge in [-0.05, 0) is 55.3 Å². The Morgan fingerprint density at radius 3 is 1.84 bits per heavy atom. The highest BCUT2D eigenvalue weighted by molar-refractivity contribution is 7.89. The summed E-state index contributed by atoms with van der Waals surface area (Å²) in [6.45, 7) is 8.97. The zero-order valence-electron chi connectivity index (χ0n) is 22.7. The summed E-state index contributed by atoms with van der Waals surface area (Å²) in [7, 11) is -5.69. The van der Waals surface area contributed by atoms with Crippen molar-refractivity contribution >= 4 is 25.7 Å². The number of nitrogens with zero attached hydrogens (tertiary/aromatic N) is 4. The first-order valence-electron chi connectivity index (χ1n) is 13.4. The van der Waals surface area contributed by atoms with E-state index in [9.17, 15) is 16.8 Å². The second-order valence-corrected chi connectivity index (χ2v) is 13.7. The second-order valence-electron chi connectivity index (χ2n) is 9.81. The van der Waals surface area contributed by atoms with E-state index in [1.165, 1.54) is 4.31 Å². The standard InChI is InChI=1S/C27H40N4O5S2/c1-4-6-7-23-8-10-24(11-9-23)37(32,33)31-20-16-29(17-21-31)26-22-25(12-13-27(26)36-3)38(34,35)30-18-14-28(5-2)15-19-30/h8-13,22H,4-7,14-21H2,1-3H3. The molecule has 0 N–H and O–H groups in total. The maximum absolute atomic E-state index is 13.4. The highest BCUT2D eigenvalue weighted by Crippen LogP contribution is 2.33. The SMILES string of the molecule is CCCCc1ccc(S(=O)(=O)N2CCN(c3cc(S(=O)(=O)N4CCN(CC)CC4)ccc3OC)CC2)cc1. The number of anilines is 1. The zero-order chi connectivity index (χ0) is 27.3. The number of ether oxygens (including phenoxy) is 1. The number of methoxy groups -OCH3 is 1. The highest BCUT2D eigenvalue weighted by Gasteiger charge is 2.32. The lowest BCUT2D eigenvalue weighted by atomic mass is 10.1. The summed E-state index contributed by atoms with van der Waals surface area (Å²) in [6.07, 6.45) is 3.12. The van der Waals surface area contributed by atoms with Gasteiger partial charge in [0.1, 0.15) is 5.75 Å². The van der Waals surface area contributed by atoms with Crippen molar-refractivity contribution in [1.82, 2.24) is 13.5 Å².